The van der Waals surface area contributed by atoms with E-state index in [9.17, 15) is 31.4 Å². The molecule has 2 heterocycles. The highest BCUT2D eigenvalue weighted by molar-refractivity contribution is 7.93. The number of benzene rings is 3. The first-order chi connectivity index (χ1) is 25.6. The third-order valence-electron chi connectivity index (χ3n) is 8.22. The molecule has 3 amide bonds. The molecule has 4 aromatic rings. The molecule has 288 valence electrons. The van der Waals surface area contributed by atoms with Crippen LogP contribution >= 0.6 is 0 Å². The van der Waals surface area contributed by atoms with Crippen molar-refractivity contribution < 1.29 is 40.5 Å². The number of hydrogen-bond acceptors (Lipinski definition) is 10. The zero-order valence-electron chi connectivity index (χ0n) is 29.5. The fourth-order valence-corrected chi connectivity index (χ4v) is 6.45. The molecule has 0 spiro atoms. The number of urea groups is 1. The van der Waals surface area contributed by atoms with Gasteiger partial charge in [0, 0.05) is 67.9 Å². The number of nitrogens with zero attached hydrogens (tertiary/aromatic N) is 5. The number of hydrogen-bond donors (Lipinski definition) is 4. The van der Waals surface area contributed by atoms with E-state index in [0.717, 1.165) is 32.2 Å². The summed E-state index contributed by atoms with van der Waals surface area (Å²) in [5.41, 5.74) is -1.06. The molecule has 0 radical (unpaired) electrons. The standard InChI is InChI=1S/C35H38F5N9O4S/c1-4-53-34(51)47-54(3,52)25-7-5-6-24(20-25)43-32-42-21-26(31(46-32)41-12-13-49-16-14-48(2)15-17-49)22-8-11-29(28(37)18-22)44-33(50)45-30-19-23(35(38,39)40)9-10-27(30)36/h5-11,18-21H,4,12-17H2,1-3H3,(H2,44,45,50)(H2,41,42,43,46). The number of anilines is 5. The molecule has 1 unspecified atom stereocenters. The number of rotatable bonds is 11. The van der Waals surface area contributed by atoms with Crippen LogP contribution in [-0.4, -0.2) is 95.3 Å². The van der Waals surface area contributed by atoms with Gasteiger partial charge in [0.2, 0.25) is 5.95 Å². The molecule has 54 heavy (non-hydrogen) atoms. The number of halogens is 5. The number of carbonyl (C=O) groups is 2. The van der Waals surface area contributed by atoms with Crippen LogP contribution in [0.4, 0.5) is 60.4 Å². The first-order valence-corrected chi connectivity index (χ1v) is 18.6. The van der Waals surface area contributed by atoms with Crippen LogP contribution in [0.25, 0.3) is 11.1 Å². The minimum Gasteiger partial charge on any atom is -0.448 e. The topological polar surface area (TPSA) is 153 Å². The molecule has 3 aromatic carbocycles. The van der Waals surface area contributed by atoms with Crippen LogP contribution in [0, 0.1) is 11.6 Å². The fourth-order valence-electron chi connectivity index (χ4n) is 5.33. The Bertz CT molecular complexity index is 2120. The van der Waals surface area contributed by atoms with Crippen molar-refractivity contribution in [1.82, 2.24) is 19.8 Å². The molecule has 1 aliphatic rings. The van der Waals surface area contributed by atoms with E-state index in [0.29, 0.717) is 53.9 Å². The predicted molar refractivity (Wildman–Crippen MR) is 195 cm³/mol. The summed E-state index contributed by atoms with van der Waals surface area (Å²) >= 11 is 0. The number of aromatic nitrogens is 2. The molecule has 19 heteroatoms. The second kappa shape index (κ2) is 17.2. The molecule has 13 nitrogen and oxygen atoms in total. The van der Waals surface area contributed by atoms with E-state index < -0.39 is 50.9 Å². The summed E-state index contributed by atoms with van der Waals surface area (Å²) in [6, 6.07) is 10.6. The van der Waals surface area contributed by atoms with Crippen LogP contribution in [0.5, 0.6) is 0 Å². The lowest BCUT2D eigenvalue weighted by molar-refractivity contribution is -0.137. The van der Waals surface area contributed by atoms with Crippen LogP contribution in [0.2, 0.25) is 0 Å². The summed E-state index contributed by atoms with van der Waals surface area (Å²) in [6.45, 7) is 6.48. The maximum absolute atomic E-state index is 15.4. The van der Waals surface area contributed by atoms with E-state index in [2.05, 4.69) is 47.1 Å². The predicted octanol–water partition coefficient (Wildman–Crippen LogP) is 7.10. The summed E-state index contributed by atoms with van der Waals surface area (Å²) < 4.78 is 90.5. The zero-order chi connectivity index (χ0) is 39.0. The third kappa shape index (κ3) is 10.6. The first kappa shape index (κ1) is 39.8. The molecule has 1 saturated heterocycles. The van der Waals surface area contributed by atoms with E-state index in [1.54, 1.807) is 31.2 Å². The largest absolute Gasteiger partial charge is 0.448 e. The van der Waals surface area contributed by atoms with Crippen molar-refractivity contribution in [3.05, 3.63) is 84.1 Å². The van der Waals surface area contributed by atoms with Crippen molar-refractivity contribution >= 4 is 50.7 Å². The third-order valence-corrected chi connectivity index (χ3v) is 9.85. The fraction of sp³-hybridized carbons (Fsp3) is 0.314. The van der Waals surface area contributed by atoms with Gasteiger partial charge in [0.15, 0.2) is 0 Å². The van der Waals surface area contributed by atoms with Crippen molar-refractivity contribution in [2.24, 2.45) is 4.36 Å². The minimum absolute atomic E-state index is 0.0814. The van der Waals surface area contributed by atoms with Gasteiger partial charge in [0.25, 0.3) is 0 Å². The SMILES string of the molecule is CCOC(=O)N=S(C)(=O)c1cccc(Nc2ncc(-c3ccc(NC(=O)Nc4cc(C(F)(F)F)ccc4F)c(F)c3)c(NCCN3CCN(C)CC3)n2)c1. The van der Waals surface area contributed by atoms with Gasteiger partial charge in [0.05, 0.1) is 33.3 Å². The number of carbonyl (C=O) groups excluding carboxylic acids is 2. The van der Waals surface area contributed by atoms with E-state index in [4.69, 9.17) is 4.74 Å². The lowest BCUT2D eigenvalue weighted by Crippen LogP contribution is -2.45. The quantitative estimate of drug-likeness (QED) is 0.116. The maximum atomic E-state index is 15.4. The van der Waals surface area contributed by atoms with E-state index in [1.165, 1.54) is 24.6 Å². The number of piperazine rings is 1. The Hall–Kier alpha value is -5.40. The van der Waals surface area contributed by atoms with Crippen molar-refractivity contribution in [2.45, 2.75) is 18.0 Å². The second-order valence-electron chi connectivity index (χ2n) is 12.2. The Labute approximate surface area is 308 Å². The summed E-state index contributed by atoms with van der Waals surface area (Å²) in [5.74, 6) is -1.53. The number of likely N-dealkylation sites (N-methyl/N-ethyl adjacent to an activating group) is 1. The van der Waals surface area contributed by atoms with Crippen LogP contribution in [0.3, 0.4) is 0 Å². The smallest absolute Gasteiger partial charge is 0.442 e. The van der Waals surface area contributed by atoms with Crippen molar-refractivity contribution in [3.63, 3.8) is 0 Å². The number of amides is 3. The lowest BCUT2D eigenvalue weighted by Gasteiger charge is -2.32. The summed E-state index contributed by atoms with van der Waals surface area (Å²) in [5, 5.41) is 10.5. The highest BCUT2D eigenvalue weighted by atomic mass is 32.2. The van der Waals surface area contributed by atoms with Crippen LogP contribution in [-0.2, 0) is 20.6 Å². The van der Waals surface area contributed by atoms with Gasteiger partial charge in [-0.25, -0.2) is 27.6 Å². The zero-order valence-corrected chi connectivity index (χ0v) is 30.3. The molecule has 0 aliphatic carbocycles. The first-order valence-electron chi connectivity index (χ1n) is 16.6. The lowest BCUT2D eigenvalue weighted by atomic mass is 10.1. The molecule has 5 rings (SSSR count). The monoisotopic (exact) mass is 775 g/mol. The van der Waals surface area contributed by atoms with Crippen LogP contribution in [0.15, 0.2) is 76.1 Å². The van der Waals surface area contributed by atoms with Crippen LogP contribution in [0.1, 0.15) is 12.5 Å². The average molecular weight is 776 g/mol. The molecule has 1 aliphatic heterocycles. The van der Waals surface area contributed by atoms with E-state index in [-0.39, 0.29) is 23.1 Å². The Morgan fingerprint density at radius 1 is 0.963 bits per heavy atom. The molecule has 1 fully saturated rings. The number of alkyl halides is 3. The van der Waals surface area contributed by atoms with E-state index >= 15 is 4.39 Å². The Balaban J connectivity index is 1.37. The van der Waals surface area contributed by atoms with Gasteiger partial charge in [-0.2, -0.15) is 18.2 Å². The van der Waals surface area contributed by atoms with Crippen molar-refractivity contribution in [2.75, 3.05) is 80.4 Å². The van der Waals surface area contributed by atoms with Gasteiger partial charge in [0.1, 0.15) is 17.5 Å². The van der Waals surface area contributed by atoms with Gasteiger partial charge in [-0.3, -0.25) is 4.90 Å². The molecule has 1 aromatic heterocycles. The Morgan fingerprint density at radius 3 is 2.41 bits per heavy atom. The normalized spacial score (nSPS) is 14.8. The van der Waals surface area contributed by atoms with Crippen molar-refractivity contribution in [1.29, 1.82) is 0 Å². The molecule has 1 atom stereocenters. The number of ether oxygens (including phenoxy) is 1. The number of nitrogens with one attached hydrogen (secondary N) is 4. The summed E-state index contributed by atoms with van der Waals surface area (Å²) in [4.78, 5) is 38.3. The molecule has 0 saturated carbocycles. The molecule has 4 N–H and O–H groups in total. The van der Waals surface area contributed by atoms with Gasteiger partial charge >= 0.3 is 18.3 Å². The highest BCUT2D eigenvalue weighted by Crippen LogP contribution is 2.33. The molecular formula is C35H38F5N9O4S. The highest BCUT2D eigenvalue weighted by Gasteiger charge is 2.31. The Kier molecular flexibility index (Phi) is 12.7. The van der Waals surface area contributed by atoms with Gasteiger partial charge in [-0.1, -0.05) is 12.1 Å². The van der Waals surface area contributed by atoms with Gasteiger partial charge < -0.3 is 30.9 Å². The maximum Gasteiger partial charge on any atom is 0.442 e. The Morgan fingerprint density at radius 2 is 1.70 bits per heavy atom. The van der Waals surface area contributed by atoms with Crippen molar-refractivity contribution in [3.8, 4) is 11.1 Å². The molecule has 0 bridgehead atoms. The van der Waals surface area contributed by atoms with Gasteiger partial charge in [-0.15, -0.1) is 4.36 Å². The second-order valence-corrected chi connectivity index (χ2v) is 14.5. The minimum atomic E-state index is -4.77. The molecular weight excluding hydrogens is 738 g/mol. The average Bonchev–Trinajstić information content (AvgIpc) is 3.11. The van der Waals surface area contributed by atoms with E-state index in [1.807, 2.05) is 5.32 Å². The summed E-state index contributed by atoms with van der Waals surface area (Å²) in [7, 11) is -1.08. The van der Waals surface area contributed by atoms with Gasteiger partial charge in [-0.05, 0) is 68.1 Å². The van der Waals surface area contributed by atoms with Crippen LogP contribution < -0.4 is 21.3 Å². The summed E-state index contributed by atoms with van der Waals surface area (Å²) in [6.07, 6.45) is -2.93.